The Labute approximate surface area is 179 Å². The fourth-order valence-electron chi connectivity index (χ4n) is 2.54. The summed E-state index contributed by atoms with van der Waals surface area (Å²) in [7, 11) is 2.12. The maximum absolute atomic E-state index is 12.4. The lowest BCUT2D eigenvalue weighted by atomic mass is 10.2. The summed E-state index contributed by atoms with van der Waals surface area (Å²) in [6.07, 6.45) is -3.44. The Morgan fingerprint density at radius 1 is 1.13 bits per heavy atom. The molecule has 0 aliphatic carbocycles. The first kappa shape index (κ1) is 28.5. The lowest BCUT2D eigenvalue weighted by molar-refractivity contribution is -0.154. The first-order valence-corrected chi connectivity index (χ1v) is 9.78. The van der Waals surface area contributed by atoms with E-state index >= 15 is 0 Å². The zero-order valence-corrected chi connectivity index (χ0v) is 18.3. The van der Waals surface area contributed by atoms with E-state index in [1.807, 2.05) is 0 Å². The van der Waals surface area contributed by atoms with E-state index in [0.717, 1.165) is 53.0 Å². The van der Waals surface area contributed by atoms with Crippen molar-refractivity contribution in [2.45, 2.75) is 33.4 Å². The van der Waals surface area contributed by atoms with E-state index < -0.39 is 36.1 Å². The summed E-state index contributed by atoms with van der Waals surface area (Å²) in [6, 6.07) is 0. The van der Waals surface area contributed by atoms with Gasteiger partial charge in [-0.15, -0.1) is 0 Å². The van der Waals surface area contributed by atoms with E-state index in [2.05, 4.69) is 29.1 Å². The molecule has 1 aliphatic heterocycles. The number of nitrogens with one attached hydrogen (secondary N) is 1. The summed E-state index contributed by atoms with van der Waals surface area (Å²) in [5, 5.41) is 11.3. The molecular weight excluding hydrogens is 421 g/mol. The molecule has 1 fully saturated rings. The second-order valence-corrected chi connectivity index (χ2v) is 6.93. The second kappa shape index (κ2) is 13.8. The number of carboxylic acid groups (broad SMARTS) is 1. The van der Waals surface area contributed by atoms with Crippen LogP contribution in [0.15, 0.2) is 11.6 Å². The lowest BCUT2D eigenvalue weighted by Crippen LogP contribution is -2.48. The standard InChI is InChI=1S/C10H21N3O.C9H10F3NO4/c1-3-4-11-10(14)9-13-7-5-12(2)6-8-13;1-3-6(9(10,11)12)8(17)13(5(2)14)4-7(15)16/h3-9H2,1-2H3,(H,11,14);3H,4H2,1-2H3,(H,15,16)/b;6-3+. The molecule has 1 rings (SSSR count). The highest BCUT2D eigenvalue weighted by Crippen LogP contribution is 2.27. The van der Waals surface area contributed by atoms with Crippen LogP contribution in [0.25, 0.3) is 0 Å². The third-order valence-electron chi connectivity index (χ3n) is 4.28. The number of piperazine rings is 1. The number of hydrogen-bond acceptors (Lipinski definition) is 6. The minimum Gasteiger partial charge on any atom is -0.480 e. The van der Waals surface area contributed by atoms with Crippen LogP contribution in [-0.2, 0) is 19.2 Å². The number of carbonyl (C=O) groups excluding carboxylic acids is 3. The SMILES string of the molecule is C/C=C(\C(=O)N(CC(=O)O)C(C)=O)C(F)(F)F.CCCNC(=O)CN1CCN(C)CC1. The average Bonchev–Trinajstić information content (AvgIpc) is 2.65. The molecule has 0 radical (unpaired) electrons. The predicted molar refractivity (Wildman–Crippen MR) is 107 cm³/mol. The molecular formula is C19H31F3N4O5. The van der Waals surface area contributed by atoms with Gasteiger partial charge >= 0.3 is 12.1 Å². The summed E-state index contributed by atoms with van der Waals surface area (Å²) in [5.74, 6) is -4.15. The Morgan fingerprint density at radius 2 is 1.68 bits per heavy atom. The van der Waals surface area contributed by atoms with Crippen LogP contribution < -0.4 is 5.32 Å². The highest BCUT2D eigenvalue weighted by molar-refractivity contribution is 6.06. The van der Waals surface area contributed by atoms with Crippen LogP contribution in [0.5, 0.6) is 0 Å². The number of nitrogens with zero attached hydrogens (tertiary/aromatic N) is 3. The molecule has 0 spiro atoms. The summed E-state index contributed by atoms with van der Waals surface area (Å²) in [6.45, 7) is 8.26. The molecule has 0 aromatic carbocycles. The van der Waals surface area contributed by atoms with Crippen LogP contribution in [0.3, 0.4) is 0 Å². The first-order chi connectivity index (χ1) is 14.3. The molecule has 0 aromatic heterocycles. The maximum Gasteiger partial charge on any atom is 0.421 e. The summed E-state index contributed by atoms with van der Waals surface area (Å²) >= 11 is 0. The molecule has 0 aromatic rings. The maximum atomic E-state index is 12.4. The number of carboxylic acids is 1. The van der Waals surface area contributed by atoms with Gasteiger partial charge in [-0.3, -0.25) is 29.0 Å². The Bertz CT molecular complexity index is 659. The van der Waals surface area contributed by atoms with Gasteiger partial charge in [0, 0.05) is 39.6 Å². The van der Waals surface area contributed by atoms with Gasteiger partial charge in [0.25, 0.3) is 5.91 Å². The Balaban J connectivity index is 0.000000590. The van der Waals surface area contributed by atoms with E-state index in [1.165, 1.54) is 0 Å². The zero-order chi connectivity index (χ0) is 24.2. The molecule has 2 N–H and O–H groups in total. The van der Waals surface area contributed by atoms with Gasteiger partial charge in [0.15, 0.2) is 0 Å². The number of carbonyl (C=O) groups is 4. The number of alkyl halides is 3. The van der Waals surface area contributed by atoms with Crippen molar-refractivity contribution in [3.05, 3.63) is 11.6 Å². The van der Waals surface area contributed by atoms with Crippen LogP contribution in [-0.4, -0.2) is 103 Å². The number of imide groups is 1. The minimum absolute atomic E-state index is 0.0190. The fraction of sp³-hybridized carbons (Fsp3) is 0.684. The van der Waals surface area contributed by atoms with E-state index in [4.69, 9.17) is 5.11 Å². The van der Waals surface area contributed by atoms with Crippen molar-refractivity contribution in [3.63, 3.8) is 0 Å². The summed E-state index contributed by atoms with van der Waals surface area (Å²) in [4.78, 5) is 48.5. The van der Waals surface area contributed by atoms with Gasteiger partial charge in [-0.2, -0.15) is 13.2 Å². The lowest BCUT2D eigenvalue weighted by Gasteiger charge is -2.31. The smallest absolute Gasteiger partial charge is 0.421 e. The molecule has 0 saturated carbocycles. The van der Waals surface area contributed by atoms with Crippen LogP contribution in [0.1, 0.15) is 27.2 Å². The molecule has 0 bridgehead atoms. The van der Waals surface area contributed by atoms with Crippen molar-refractivity contribution in [3.8, 4) is 0 Å². The number of rotatable bonds is 7. The fourth-order valence-corrected chi connectivity index (χ4v) is 2.54. The molecule has 31 heavy (non-hydrogen) atoms. The molecule has 0 unspecified atom stereocenters. The molecule has 12 heteroatoms. The average molecular weight is 452 g/mol. The highest BCUT2D eigenvalue weighted by Gasteiger charge is 2.41. The molecule has 1 aliphatic rings. The number of aliphatic carboxylic acids is 1. The number of allylic oxidation sites excluding steroid dienone is 1. The van der Waals surface area contributed by atoms with Gasteiger partial charge in [-0.25, -0.2) is 0 Å². The largest absolute Gasteiger partial charge is 0.480 e. The topological polar surface area (TPSA) is 110 Å². The van der Waals surface area contributed by atoms with Crippen LogP contribution in [0, 0.1) is 0 Å². The monoisotopic (exact) mass is 452 g/mol. The van der Waals surface area contributed by atoms with Gasteiger partial charge in [-0.05, 0) is 20.4 Å². The molecule has 1 saturated heterocycles. The summed E-state index contributed by atoms with van der Waals surface area (Å²) < 4.78 is 37.1. The normalized spacial score (nSPS) is 15.5. The Kier molecular flexibility index (Phi) is 12.7. The van der Waals surface area contributed by atoms with Gasteiger partial charge < -0.3 is 15.3 Å². The number of likely N-dealkylation sites (N-methyl/N-ethyl adjacent to an activating group) is 1. The van der Waals surface area contributed by atoms with Gasteiger partial charge in [0.05, 0.1) is 6.54 Å². The van der Waals surface area contributed by atoms with E-state index in [9.17, 15) is 32.3 Å². The number of hydrogen-bond donors (Lipinski definition) is 2. The van der Waals surface area contributed by atoms with E-state index in [1.54, 1.807) is 0 Å². The van der Waals surface area contributed by atoms with E-state index in [-0.39, 0.29) is 10.8 Å². The van der Waals surface area contributed by atoms with Gasteiger partial charge in [0.1, 0.15) is 12.1 Å². The Hall–Kier alpha value is -2.47. The predicted octanol–water partition coefficient (Wildman–Crippen LogP) is 0.715. The summed E-state index contributed by atoms with van der Waals surface area (Å²) in [5.41, 5.74) is -1.58. The third-order valence-corrected chi connectivity index (χ3v) is 4.28. The third kappa shape index (κ3) is 11.5. The van der Waals surface area contributed by atoms with Crippen molar-refractivity contribution in [1.29, 1.82) is 0 Å². The van der Waals surface area contributed by atoms with Crippen molar-refractivity contribution in [2.24, 2.45) is 0 Å². The number of amides is 3. The van der Waals surface area contributed by atoms with Crippen molar-refractivity contribution >= 4 is 23.7 Å². The quantitative estimate of drug-likeness (QED) is 0.548. The molecule has 178 valence electrons. The van der Waals surface area contributed by atoms with Crippen LogP contribution in [0.2, 0.25) is 0 Å². The zero-order valence-electron chi connectivity index (χ0n) is 18.3. The van der Waals surface area contributed by atoms with Crippen molar-refractivity contribution in [2.75, 3.05) is 52.9 Å². The van der Waals surface area contributed by atoms with Gasteiger partial charge in [0.2, 0.25) is 11.8 Å². The highest BCUT2D eigenvalue weighted by atomic mass is 19.4. The Morgan fingerprint density at radius 3 is 2.06 bits per heavy atom. The first-order valence-electron chi connectivity index (χ1n) is 9.78. The molecule has 9 nitrogen and oxygen atoms in total. The molecule has 0 atom stereocenters. The molecule has 1 heterocycles. The minimum atomic E-state index is -4.93. The molecule has 3 amide bonds. The van der Waals surface area contributed by atoms with Crippen LogP contribution in [0.4, 0.5) is 13.2 Å². The van der Waals surface area contributed by atoms with Crippen molar-refractivity contribution in [1.82, 2.24) is 20.0 Å². The van der Waals surface area contributed by atoms with E-state index in [0.29, 0.717) is 12.6 Å². The number of halogens is 3. The van der Waals surface area contributed by atoms with Gasteiger partial charge in [-0.1, -0.05) is 13.0 Å². The van der Waals surface area contributed by atoms with Crippen LogP contribution >= 0.6 is 0 Å². The van der Waals surface area contributed by atoms with Crippen molar-refractivity contribution < 1.29 is 37.5 Å². The second-order valence-electron chi connectivity index (χ2n) is 6.93.